The highest BCUT2D eigenvalue weighted by Gasteiger charge is 2.51. The number of rotatable bonds is 4. The van der Waals surface area contributed by atoms with Crippen LogP contribution in [0.4, 0.5) is 13.2 Å². The van der Waals surface area contributed by atoms with Crippen LogP contribution in [0.5, 0.6) is 0 Å². The van der Waals surface area contributed by atoms with Gasteiger partial charge >= 0.3 is 6.18 Å². The molecule has 21 heavy (non-hydrogen) atoms. The number of alkyl halides is 3. The smallest absolute Gasteiger partial charge is 0.329 e. The minimum Gasteiger partial charge on any atom is -0.329 e. The Balaban J connectivity index is 2.15. The number of hydrogen-bond donors (Lipinski definition) is 1. The van der Waals surface area contributed by atoms with Gasteiger partial charge in [-0.3, -0.25) is 4.90 Å². The fourth-order valence-corrected chi connectivity index (χ4v) is 4.39. The lowest BCUT2D eigenvalue weighted by atomic mass is 9.74. The third kappa shape index (κ3) is 3.24. The Morgan fingerprint density at radius 3 is 2.33 bits per heavy atom. The van der Waals surface area contributed by atoms with E-state index in [-0.39, 0.29) is 18.3 Å². The molecule has 2 unspecified atom stereocenters. The van der Waals surface area contributed by atoms with Gasteiger partial charge in [-0.2, -0.15) is 13.2 Å². The van der Waals surface area contributed by atoms with Gasteiger partial charge in [-0.05, 0) is 50.5 Å². The summed E-state index contributed by atoms with van der Waals surface area (Å²) in [6, 6.07) is 0. The Morgan fingerprint density at radius 1 is 1.19 bits per heavy atom. The summed E-state index contributed by atoms with van der Waals surface area (Å²) in [4.78, 5) is 2.30. The fourth-order valence-electron chi connectivity index (χ4n) is 4.39. The van der Waals surface area contributed by atoms with Crippen LogP contribution in [0.2, 0.25) is 0 Å². The number of nitrogens with two attached hydrogens (primary N) is 1. The molecule has 0 aromatic rings. The molecule has 0 aromatic carbocycles. The first-order valence-corrected chi connectivity index (χ1v) is 8.33. The summed E-state index contributed by atoms with van der Waals surface area (Å²) < 4.78 is 39.4. The molecule has 2 N–H and O–H groups in total. The fraction of sp³-hybridized carbons (Fsp3) is 1.00. The van der Waals surface area contributed by atoms with Crippen molar-refractivity contribution in [1.82, 2.24) is 4.90 Å². The number of halogens is 3. The minimum atomic E-state index is -4.08. The molecule has 2 aliphatic rings. The molecule has 1 heterocycles. The average molecular weight is 306 g/mol. The van der Waals surface area contributed by atoms with E-state index in [1.54, 1.807) is 0 Å². The third-order valence-electron chi connectivity index (χ3n) is 6.27. The Kier molecular flexibility index (Phi) is 4.94. The van der Waals surface area contributed by atoms with Gasteiger partial charge in [0.05, 0.1) is 5.92 Å². The number of nitrogens with zero attached hydrogens (tertiary/aromatic N) is 1. The van der Waals surface area contributed by atoms with E-state index in [0.29, 0.717) is 13.0 Å². The second-order valence-electron chi connectivity index (χ2n) is 7.14. The lowest BCUT2D eigenvalue weighted by Gasteiger charge is -2.47. The monoisotopic (exact) mass is 306 g/mol. The van der Waals surface area contributed by atoms with Gasteiger partial charge in [0, 0.05) is 18.6 Å². The van der Waals surface area contributed by atoms with Gasteiger partial charge in [0.15, 0.2) is 0 Å². The summed E-state index contributed by atoms with van der Waals surface area (Å²) in [5, 5.41) is 0. The van der Waals surface area contributed by atoms with Gasteiger partial charge in [0.2, 0.25) is 0 Å². The van der Waals surface area contributed by atoms with Crippen LogP contribution in [0, 0.1) is 11.3 Å². The maximum atomic E-state index is 13.1. The Bertz CT molecular complexity index is 352. The van der Waals surface area contributed by atoms with Crippen molar-refractivity contribution in [3.63, 3.8) is 0 Å². The molecular formula is C16H29F3N2. The summed E-state index contributed by atoms with van der Waals surface area (Å²) in [5.74, 6) is -1.17. The molecule has 1 saturated carbocycles. The Morgan fingerprint density at radius 2 is 1.86 bits per heavy atom. The van der Waals surface area contributed by atoms with Gasteiger partial charge in [-0.1, -0.05) is 20.3 Å². The summed E-state index contributed by atoms with van der Waals surface area (Å²) in [5.41, 5.74) is 5.85. The SMILES string of the molecule is CCC1(CC)CCN(C2(CN)CCCC(C(F)(F)F)C2)C1. The Hall–Kier alpha value is -0.290. The first-order valence-electron chi connectivity index (χ1n) is 8.33. The molecule has 2 atom stereocenters. The summed E-state index contributed by atoms with van der Waals surface area (Å²) in [6.45, 7) is 6.57. The number of hydrogen-bond acceptors (Lipinski definition) is 2. The van der Waals surface area contributed by atoms with Crippen molar-refractivity contribution >= 4 is 0 Å². The number of likely N-dealkylation sites (tertiary alicyclic amines) is 1. The molecule has 0 radical (unpaired) electrons. The van der Waals surface area contributed by atoms with Gasteiger partial charge in [0.25, 0.3) is 0 Å². The molecule has 2 nitrogen and oxygen atoms in total. The van der Waals surface area contributed by atoms with Crippen LogP contribution in [0.25, 0.3) is 0 Å². The van der Waals surface area contributed by atoms with E-state index >= 15 is 0 Å². The van der Waals surface area contributed by atoms with Gasteiger partial charge in [0.1, 0.15) is 0 Å². The van der Waals surface area contributed by atoms with E-state index in [0.717, 1.165) is 38.8 Å². The normalized spacial score (nSPS) is 34.3. The van der Waals surface area contributed by atoms with Crippen molar-refractivity contribution in [3.8, 4) is 0 Å². The van der Waals surface area contributed by atoms with Crippen molar-refractivity contribution < 1.29 is 13.2 Å². The van der Waals surface area contributed by atoms with Crippen LogP contribution in [0.15, 0.2) is 0 Å². The van der Waals surface area contributed by atoms with Crippen LogP contribution in [-0.4, -0.2) is 36.2 Å². The first-order chi connectivity index (χ1) is 9.81. The standard InChI is InChI=1S/C16H29F3N2/c1-3-14(4-2)8-9-21(12-14)15(11-20)7-5-6-13(10-15)16(17,18)19/h13H,3-12,20H2,1-2H3. The van der Waals surface area contributed by atoms with E-state index in [1.807, 2.05) is 0 Å². The summed E-state index contributed by atoms with van der Waals surface area (Å²) in [7, 11) is 0. The highest BCUT2D eigenvalue weighted by Crippen LogP contribution is 2.47. The van der Waals surface area contributed by atoms with Gasteiger partial charge < -0.3 is 5.73 Å². The summed E-state index contributed by atoms with van der Waals surface area (Å²) in [6.07, 6.45) is 1.14. The van der Waals surface area contributed by atoms with Crippen LogP contribution in [0.3, 0.4) is 0 Å². The molecule has 2 rings (SSSR count). The Labute approximate surface area is 126 Å². The van der Waals surface area contributed by atoms with Crippen molar-refractivity contribution in [2.75, 3.05) is 19.6 Å². The second kappa shape index (κ2) is 6.07. The zero-order chi connectivity index (χ0) is 15.7. The molecule has 1 aliphatic heterocycles. The molecule has 5 heteroatoms. The second-order valence-corrected chi connectivity index (χ2v) is 7.14. The molecular weight excluding hydrogens is 277 g/mol. The molecule has 0 amide bonds. The molecule has 2 fully saturated rings. The van der Waals surface area contributed by atoms with E-state index in [4.69, 9.17) is 5.73 Å². The maximum Gasteiger partial charge on any atom is 0.391 e. The van der Waals surface area contributed by atoms with Crippen LogP contribution in [-0.2, 0) is 0 Å². The van der Waals surface area contributed by atoms with Crippen molar-refractivity contribution in [3.05, 3.63) is 0 Å². The van der Waals surface area contributed by atoms with E-state index < -0.39 is 17.6 Å². The molecule has 0 spiro atoms. The zero-order valence-electron chi connectivity index (χ0n) is 13.3. The molecule has 0 aromatic heterocycles. The van der Waals surface area contributed by atoms with Gasteiger partial charge in [-0.15, -0.1) is 0 Å². The van der Waals surface area contributed by atoms with Crippen LogP contribution in [0.1, 0.15) is 58.8 Å². The maximum absolute atomic E-state index is 13.1. The minimum absolute atomic E-state index is 0.191. The quantitative estimate of drug-likeness (QED) is 0.852. The van der Waals surface area contributed by atoms with E-state index in [2.05, 4.69) is 18.7 Å². The predicted octanol–water partition coefficient (Wildman–Crippen LogP) is 3.95. The molecule has 124 valence electrons. The van der Waals surface area contributed by atoms with Crippen LogP contribution >= 0.6 is 0 Å². The van der Waals surface area contributed by atoms with Crippen molar-refractivity contribution in [2.24, 2.45) is 17.1 Å². The lowest BCUT2D eigenvalue weighted by Crippen LogP contribution is -2.57. The highest BCUT2D eigenvalue weighted by atomic mass is 19.4. The van der Waals surface area contributed by atoms with E-state index in [1.165, 1.54) is 0 Å². The highest BCUT2D eigenvalue weighted by molar-refractivity contribution is 5.02. The first kappa shape index (κ1) is 17.1. The molecule has 1 aliphatic carbocycles. The zero-order valence-corrected chi connectivity index (χ0v) is 13.3. The topological polar surface area (TPSA) is 29.3 Å². The third-order valence-corrected chi connectivity index (χ3v) is 6.27. The molecule has 0 bridgehead atoms. The average Bonchev–Trinajstić information content (AvgIpc) is 2.92. The predicted molar refractivity (Wildman–Crippen MR) is 79.0 cm³/mol. The van der Waals surface area contributed by atoms with Crippen molar-refractivity contribution in [1.29, 1.82) is 0 Å². The lowest BCUT2D eigenvalue weighted by molar-refractivity contribution is -0.193. The summed E-state index contributed by atoms with van der Waals surface area (Å²) >= 11 is 0. The van der Waals surface area contributed by atoms with Crippen molar-refractivity contribution in [2.45, 2.75) is 70.5 Å². The van der Waals surface area contributed by atoms with Crippen LogP contribution < -0.4 is 5.73 Å². The van der Waals surface area contributed by atoms with Gasteiger partial charge in [-0.25, -0.2) is 0 Å². The van der Waals surface area contributed by atoms with E-state index in [9.17, 15) is 13.2 Å². The molecule has 1 saturated heterocycles. The largest absolute Gasteiger partial charge is 0.391 e.